The molecule has 15 heavy (non-hydrogen) atoms. The monoisotopic (exact) mass is 232 g/mol. The van der Waals surface area contributed by atoms with Crippen molar-refractivity contribution >= 4 is 17.7 Å². The zero-order valence-corrected chi connectivity index (χ0v) is 10.1. The Morgan fingerprint density at radius 3 is 2.93 bits per heavy atom. The molecule has 0 saturated carbocycles. The van der Waals surface area contributed by atoms with Crippen molar-refractivity contribution < 1.29 is 9.53 Å². The molecule has 1 fully saturated rings. The van der Waals surface area contributed by atoms with Gasteiger partial charge < -0.3 is 15.4 Å². The summed E-state index contributed by atoms with van der Waals surface area (Å²) in [6, 6.07) is 0. The largest absolute Gasteiger partial charge is 0.383 e. The van der Waals surface area contributed by atoms with E-state index in [4.69, 9.17) is 4.74 Å². The summed E-state index contributed by atoms with van der Waals surface area (Å²) >= 11 is 1.77. The Morgan fingerprint density at radius 1 is 1.53 bits per heavy atom. The molecular formula is C10H20N2O2S. The van der Waals surface area contributed by atoms with Crippen LogP contribution in [0, 0.1) is 0 Å². The van der Waals surface area contributed by atoms with Crippen LogP contribution in [0.4, 0.5) is 0 Å². The second-order valence-corrected chi connectivity index (χ2v) is 4.89. The number of carbonyl (C=O) groups is 1. The molecule has 0 aliphatic carbocycles. The molecule has 0 atom stereocenters. The number of carbonyl (C=O) groups excluding carboxylic acids is 1. The number of nitrogens with one attached hydrogen (secondary N) is 2. The minimum Gasteiger partial charge on any atom is -0.383 e. The molecule has 0 unspecified atom stereocenters. The molecule has 1 heterocycles. The fraction of sp³-hybridized carbons (Fsp3) is 0.900. The first-order valence-corrected chi connectivity index (χ1v) is 6.45. The first-order chi connectivity index (χ1) is 7.33. The van der Waals surface area contributed by atoms with Gasteiger partial charge >= 0.3 is 0 Å². The zero-order valence-electron chi connectivity index (χ0n) is 9.25. The number of rotatable bonds is 6. The average molecular weight is 232 g/mol. The summed E-state index contributed by atoms with van der Waals surface area (Å²) in [5.74, 6) is 0.699. The number of thioether (sulfide) groups is 1. The van der Waals surface area contributed by atoms with Crippen LogP contribution in [0.3, 0.4) is 0 Å². The summed E-state index contributed by atoms with van der Waals surface area (Å²) in [6.45, 7) is 3.37. The molecule has 5 heteroatoms. The Morgan fingerprint density at radius 2 is 2.27 bits per heavy atom. The van der Waals surface area contributed by atoms with Gasteiger partial charge in [0.2, 0.25) is 5.91 Å². The molecule has 0 aromatic heterocycles. The lowest BCUT2D eigenvalue weighted by Gasteiger charge is -2.21. The van der Waals surface area contributed by atoms with Crippen LogP contribution in [0.15, 0.2) is 0 Å². The smallest absolute Gasteiger partial charge is 0.230 e. The summed E-state index contributed by atoms with van der Waals surface area (Å²) in [4.78, 5) is 11.4. The third-order valence-electron chi connectivity index (χ3n) is 2.36. The Hall–Kier alpha value is -0.260. The molecule has 0 spiro atoms. The van der Waals surface area contributed by atoms with Crippen molar-refractivity contribution in [2.75, 3.05) is 39.1 Å². The Bertz CT molecular complexity index is 184. The Labute approximate surface area is 95.5 Å². The summed E-state index contributed by atoms with van der Waals surface area (Å²) in [5.41, 5.74) is 0. The predicted molar refractivity (Wildman–Crippen MR) is 63.2 cm³/mol. The summed E-state index contributed by atoms with van der Waals surface area (Å²) in [5, 5.41) is 6.79. The van der Waals surface area contributed by atoms with Gasteiger partial charge in [-0.25, -0.2) is 0 Å². The highest BCUT2D eigenvalue weighted by Crippen LogP contribution is 2.19. The third kappa shape index (κ3) is 6.02. The van der Waals surface area contributed by atoms with Gasteiger partial charge in [0.1, 0.15) is 0 Å². The van der Waals surface area contributed by atoms with Gasteiger partial charge in [-0.05, 0) is 25.9 Å². The maximum atomic E-state index is 11.4. The fourth-order valence-corrected chi connectivity index (χ4v) is 2.56. The van der Waals surface area contributed by atoms with Gasteiger partial charge in [-0.2, -0.15) is 0 Å². The van der Waals surface area contributed by atoms with E-state index in [-0.39, 0.29) is 5.91 Å². The number of ether oxygens (including phenoxy) is 1. The highest BCUT2D eigenvalue weighted by atomic mass is 32.2. The van der Waals surface area contributed by atoms with Gasteiger partial charge in [0, 0.05) is 18.9 Å². The van der Waals surface area contributed by atoms with Gasteiger partial charge in [-0.15, -0.1) is 11.8 Å². The molecule has 2 N–H and O–H groups in total. The number of hydrogen-bond acceptors (Lipinski definition) is 4. The van der Waals surface area contributed by atoms with Crippen LogP contribution in [0.5, 0.6) is 0 Å². The lowest BCUT2D eigenvalue weighted by atomic mass is 10.2. The molecule has 1 aliphatic heterocycles. The van der Waals surface area contributed by atoms with E-state index in [2.05, 4.69) is 10.6 Å². The van der Waals surface area contributed by atoms with Crippen molar-refractivity contribution in [3.63, 3.8) is 0 Å². The maximum absolute atomic E-state index is 11.4. The Balaban J connectivity index is 2.00. The maximum Gasteiger partial charge on any atom is 0.230 e. The topological polar surface area (TPSA) is 50.4 Å². The summed E-state index contributed by atoms with van der Waals surface area (Å²) in [6.07, 6.45) is 2.35. The van der Waals surface area contributed by atoms with Crippen molar-refractivity contribution in [2.45, 2.75) is 18.1 Å². The highest BCUT2D eigenvalue weighted by Gasteiger charge is 2.14. The van der Waals surface area contributed by atoms with Gasteiger partial charge in [0.15, 0.2) is 0 Å². The summed E-state index contributed by atoms with van der Waals surface area (Å²) < 4.78 is 4.86. The van der Waals surface area contributed by atoms with E-state index in [0.29, 0.717) is 24.2 Å². The van der Waals surface area contributed by atoms with Gasteiger partial charge in [0.25, 0.3) is 0 Å². The van der Waals surface area contributed by atoms with Crippen molar-refractivity contribution in [3.05, 3.63) is 0 Å². The lowest BCUT2D eigenvalue weighted by Crippen LogP contribution is -2.32. The number of amides is 1. The van der Waals surface area contributed by atoms with Crippen LogP contribution in [0.1, 0.15) is 12.8 Å². The molecule has 0 bridgehead atoms. The molecular weight excluding hydrogens is 212 g/mol. The van der Waals surface area contributed by atoms with Crippen LogP contribution in [0.25, 0.3) is 0 Å². The number of hydrogen-bond donors (Lipinski definition) is 2. The van der Waals surface area contributed by atoms with Crippen molar-refractivity contribution in [3.8, 4) is 0 Å². The molecule has 0 aromatic carbocycles. The van der Waals surface area contributed by atoms with Crippen LogP contribution in [0.2, 0.25) is 0 Å². The lowest BCUT2D eigenvalue weighted by molar-refractivity contribution is -0.118. The molecule has 4 nitrogen and oxygen atoms in total. The minimum atomic E-state index is 0.121. The van der Waals surface area contributed by atoms with Gasteiger partial charge in [0.05, 0.1) is 12.4 Å². The normalized spacial score (nSPS) is 17.7. The van der Waals surface area contributed by atoms with Crippen LogP contribution in [-0.4, -0.2) is 50.3 Å². The van der Waals surface area contributed by atoms with Gasteiger partial charge in [-0.3, -0.25) is 4.79 Å². The first-order valence-electron chi connectivity index (χ1n) is 5.41. The molecule has 1 amide bonds. The molecule has 1 rings (SSSR count). The van der Waals surface area contributed by atoms with Crippen LogP contribution < -0.4 is 10.6 Å². The van der Waals surface area contributed by atoms with Crippen LogP contribution in [-0.2, 0) is 9.53 Å². The molecule has 0 aromatic rings. The SMILES string of the molecule is COCCNC(=O)CSC1CCNCC1. The van der Waals surface area contributed by atoms with Crippen LogP contribution >= 0.6 is 11.8 Å². The van der Waals surface area contributed by atoms with E-state index >= 15 is 0 Å². The second kappa shape index (κ2) is 7.96. The number of methoxy groups -OCH3 is 1. The standard InChI is InChI=1S/C10H20N2O2S/c1-14-7-6-12-10(13)8-15-9-2-4-11-5-3-9/h9,11H,2-8H2,1H3,(H,12,13). The molecule has 1 saturated heterocycles. The number of piperidine rings is 1. The van der Waals surface area contributed by atoms with E-state index in [0.717, 1.165) is 13.1 Å². The van der Waals surface area contributed by atoms with Crippen molar-refractivity contribution in [1.82, 2.24) is 10.6 Å². The van der Waals surface area contributed by atoms with E-state index < -0.39 is 0 Å². The first kappa shape index (κ1) is 12.8. The van der Waals surface area contributed by atoms with Crippen molar-refractivity contribution in [2.24, 2.45) is 0 Å². The predicted octanol–water partition coefficient (Wildman–Crippen LogP) is 0.234. The van der Waals surface area contributed by atoms with E-state index in [1.165, 1.54) is 12.8 Å². The third-order valence-corrected chi connectivity index (χ3v) is 3.74. The van der Waals surface area contributed by atoms with E-state index in [1.54, 1.807) is 18.9 Å². The summed E-state index contributed by atoms with van der Waals surface area (Å²) in [7, 11) is 1.63. The van der Waals surface area contributed by atoms with E-state index in [1.807, 2.05) is 0 Å². The molecule has 0 radical (unpaired) electrons. The molecule has 88 valence electrons. The highest BCUT2D eigenvalue weighted by molar-refractivity contribution is 8.00. The minimum absolute atomic E-state index is 0.121. The zero-order chi connectivity index (χ0) is 10.9. The quantitative estimate of drug-likeness (QED) is 0.644. The van der Waals surface area contributed by atoms with Crippen molar-refractivity contribution in [1.29, 1.82) is 0 Å². The van der Waals surface area contributed by atoms with Gasteiger partial charge in [-0.1, -0.05) is 0 Å². The second-order valence-electron chi connectivity index (χ2n) is 3.60. The molecule has 1 aliphatic rings. The van der Waals surface area contributed by atoms with E-state index in [9.17, 15) is 4.79 Å². The average Bonchev–Trinajstić information content (AvgIpc) is 2.28. The fourth-order valence-electron chi connectivity index (χ4n) is 1.50. The Kier molecular flexibility index (Phi) is 6.80.